The number of rotatable bonds is 4. The fraction of sp³-hybridized carbons (Fsp3) is 0.231. The minimum absolute atomic E-state index is 0.431. The summed E-state index contributed by atoms with van der Waals surface area (Å²) in [5, 5.41) is 6.52. The molecule has 0 saturated carbocycles. The lowest BCUT2D eigenvalue weighted by Gasteiger charge is -2.09. The van der Waals surface area contributed by atoms with Gasteiger partial charge in [-0.05, 0) is 37.6 Å². The standard InChI is InChI=1S/C13H15N3S2/c1-8-5-10(13(14)17)3-4-11(8)15-6-12-16-9(2)7-18-12/h3-5,7,15H,6H2,1-2H3,(H2,14,17). The van der Waals surface area contributed by atoms with Crippen molar-refractivity contribution in [2.24, 2.45) is 5.73 Å². The van der Waals surface area contributed by atoms with Crippen LogP contribution >= 0.6 is 23.6 Å². The lowest BCUT2D eigenvalue weighted by atomic mass is 10.1. The largest absolute Gasteiger partial charge is 0.389 e. The lowest BCUT2D eigenvalue weighted by Crippen LogP contribution is -2.10. The second-order valence-electron chi connectivity index (χ2n) is 4.13. The number of aryl methyl sites for hydroxylation is 2. The molecular weight excluding hydrogens is 262 g/mol. The van der Waals surface area contributed by atoms with E-state index < -0.39 is 0 Å². The number of thiocarbonyl (C=S) groups is 1. The van der Waals surface area contributed by atoms with Gasteiger partial charge < -0.3 is 11.1 Å². The van der Waals surface area contributed by atoms with E-state index in [1.165, 1.54) is 0 Å². The molecule has 1 aromatic carbocycles. The average Bonchev–Trinajstić information content (AvgIpc) is 2.73. The molecular formula is C13H15N3S2. The molecule has 2 aromatic rings. The van der Waals surface area contributed by atoms with E-state index >= 15 is 0 Å². The molecule has 94 valence electrons. The second-order valence-corrected chi connectivity index (χ2v) is 5.51. The van der Waals surface area contributed by atoms with Gasteiger partial charge >= 0.3 is 0 Å². The smallest absolute Gasteiger partial charge is 0.112 e. The van der Waals surface area contributed by atoms with Crippen LogP contribution in [0.15, 0.2) is 23.6 Å². The molecule has 0 spiro atoms. The SMILES string of the molecule is Cc1csc(CNc2ccc(C(N)=S)cc2C)n1. The third-order valence-corrected chi connectivity index (χ3v) is 3.81. The van der Waals surface area contributed by atoms with Gasteiger partial charge in [0.1, 0.15) is 10.00 Å². The number of aromatic nitrogens is 1. The molecule has 3 N–H and O–H groups in total. The Labute approximate surface area is 116 Å². The minimum atomic E-state index is 0.431. The molecule has 0 aliphatic rings. The molecule has 3 nitrogen and oxygen atoms in total. The Morgan fingerprint density at radius 1 is 1.44 bits per heavy atom. The van der Waals surface area contributed by atoms with E-state index in [4.69, 9.17) is 18.0 Å². The predicted octanol–water partition coefficient (Wildman–Crippen LogP) is 3.01. The molecule has 18 heavy (non-hydrogen) atoms. The zero-order valence-corrected chi connectivity index (χ0v) is 12.0. The summed E-state index contributed by atoms with van der Waals surface area (Å²) >= 11 is 6.63. The van der Waals surface area contributed by atoms with Crippen molar-refractivity contribution < 1.29 is 0 Å². The van der Waals surface area contributed by atoms with E-state index in [-0.39, 0.29) is 0 Å². The summed E-state index contributed by atoms with van der Waals surface area (Å²) in [6.07, 6.45) is 0. The Balaban J connectivity index is 2.08. The first-order chi connectivity index (χ1) is 8.56. The average molecular weight is 277 g/mol. The Morgan fingerprint density at radius 2 is 2.22 bits per heavy atom. The monoisotopic (exact) mass is 277 g/mol. The molecule has 0 amide bonds. The second kappa shape index (κ2) is 5.46. The highest BCUT2D eigenvalue weighted by molar-refractivity contribution is 7.80. The van der Waals surface area contributed by atoms with Gasteiger partial charge in [0, 0.05) is 22.3 Å². The zero-order chi connectivity index (χ0) is 13.1. The third-order valence-electron chi connectivity index (χ3n) is 2.61. The van der Waals surface area contributed by atoms with Crippen molar-refractivity contribution in [1.82, 2.24) is 4.98 Å². The van der Waals surface area contributed by atoms with Crippen LogP contribution in [0.5, 0.6) is 0 Å². The van der Waals surface area contributed by atoms with Gasteiger partial charge in [0.05, 0.1) is 6.54 Å². The Hall–Kier alpha value is -1.46. The number of nitrogens with two attached hydrogens (primary N) is 1. The van der Waals surface area contributed by atoms with Crippen LogP contribution in [0, 0.1) is 13.8 Å². The normalized spacial score (nSPS) is 10.3. The van der Waals surface area contributed by atoms with Crippen LogP contribution in [-0.2, 0) is 6.54 Å². The Kier molecular flexibility index (Phi) is 3.93. The number of hydrogen-bond donors (Lipinski definition) is 2. The fourth-order valence-corrected chi connectivity index (χ4v) is 2.51. The number of anilines is 1. The molecule has 1 heterocycles. The van der Waals surface area contributed by atoms with Gasteiger partial charge in [-0.3, -0.25) is 0 Å². The summed E-state index contributed by atoms with van der Waals surface area (Å²) in [4.78, 5) is 4.85. The van der Waals surface area contributed by atoms with Crippen molar-refractivity contribution in [2.75, 3.05) is 5.32 Å². The van der Waals surface area contributed by atoms with Crippen LogP contribution in [-0.4, -0.2) is 9.97 Å². The van der Waals surface area contributed by atoms with Gasteiger partial charge in [0.15, 0.2) is 0 Å². The maximum Gasteiger partial charge on any atom is 0.112 e. The highest BCUT2D eigenvalue weighted by Gasteiger charge is 2.03. The van der Waals surface area contributed by atoms with Crippen LogP contribution in [0.4, 0.5) is 5.69 Å². The molecule has 0 aliphatic heterocycles. The van der Waals surface area contributed by atoms with E-state index in [0.717, 1.165) is 34.1 Å². The van der Waals surface area contributed by atoms with Crippen LogP contribution < -0.4 is 11.1 Å². The van der Waals surface area contributed by atoms with E-state index in [0.29, 0.717) is 4.99 Å². The van der Waals surface area contributed by atoms with Crippen molar-refractivity contribution in [2.45, 2.75) is 20.4 Å². The quantitative estimate of drug-likeness (QED) is 0.844. The summed E-state index contributed by atoms with van der Waals surface area (Å²) < 4.78 is 0. The van der Waals surface area contributed by atoms with E-state index in [1.54, 1.807) is 11.3 Å². The summed E-state index contributed by atoms with van der Waals surface area (Å²) in [5.41, 5.74) is 9.79. The van der Waals surface area contributed by atoms with Gasteiger partial charge in [-0.1, -0.05) is 12.2 Å². The summed E-state index contributed by atoms with van der Waals surface area (Å²) in [7, 11) is 0. The number of nitrogens with zero attached hydrogens (tertiary/aromatic N) is 1. The first-order valence-corrected chi connectivity index (χ1v) is 6.90. The fourth-order valence-electron chi connectivity index (χ4n) is 1.67. The number of nitrogens with one attached hydrogen (secondary N) is 1. The predicted molar refractivity (Wildman–Crippen MR) is 81.2 cm³/mol. The molecule has 0 fully saturated rings. The molecule has 0 aliphatic carbocycles. The van der Waals surface area contributed by atoms with Crippen molar-refractivity contribution in [1.29, 1.82) is 0 Å². The summed E-state index contributed by atoms with van der Waals surface area (Å²) in [6, 6.07) is 5.94. The number of thiazole rings is 1. The molecule has 5 heteroatoms. The van der Waals surface area contributed by atoms with E-state index in [9.17, 15) is 0 Å². The first kappa shape index (κ1) is 13.0. The molecule has 0 radical (unpaired) electrons. The van der Waals surface area contributed by atoms with Crippen molar-refractivity contribution in [3.63, 3.8) is 0 Å². The molecule has 0 bridgehead atoms. The lowest BCUT2D eigenvalue weighted by molar-refractivity contribution is 1.07. The third kappa shape index (κ3) is 3.05. The molecule has 0 saturated heterocycles. The van der Waals surface area contributed by atoms with E-state index in [1.807, 2.05) is 32.0 Å². The van der Waals surface area contributed by atoms with Crippen LogP contribution in [0.25, 0.3) is 0 Å². The van der Waals surface area contributed by atoms with Gasteiger partial charge in [-0.15, -0.1) is 11.3 Å². The molecule has 1 aromatic heterocycles. The highest BCUT2D eigenvalue weighted by atomic mass is 32.1. The number of benzene rings is 1. The summed E-state index contributed by atoms with van der Waals surface area (Å²) in [6.45, 7) is 4.78. The van der Waals surface area contributed by atoms with Crippen LogP contribution in [0.2, 0.25) is 0 Å². The first-order valence-electron chi connectivity index (χ1n) is 5.61. The van der Waals surface area contributed by atoms with Gasteiger partial charge in [0.2, 0.25) is 0 Å². The maximum atomic E-state index is 5.60. The van der Waals surface area contributed by atoms with Crippen LogP contribution in [0.1, 0.15) is 21.8 Å². The number of hydrogen-bond acceptors (Lipinski definition) is 4. The minimum Gasteiger partial charge on any atom is -0.389 e. The summed E-state index contributed by atoms with van der Waals surface area (Å²) in [5.74, 6) is 0. The van der Waals surface area contributed by atoms with Crippen molar-refractivity contribution in [3.8, 4) is 0 Å². The van der Waals surface area contributed by atoms with Crippen molar-refractivity contribution >= 4 is 34.2 Å². The topological polar surface area (TPSA) is 50.9 Å². The van der Waals surface area contributed by atoms with Gasteiger partial charge in [0.25, 0.3) is 0 Å². The highest BCUT2D eigenvalue weighted by Crippen LogP contribution is 2.18. The van der Waals surface area contributed by atoms with E-state index in [2.05, 4.69) is 15.7 Å². The Bertz CT molecular complexity index is 575. The molecule has 0 atom stereocenters. The van der Waals surface area contributed by atoms with Crippen molar-refractivity contribution in [3.05, 3.63) is 45.4 Å². The van der Waals surface area contributed by atoms with Crippen LogP contribution in [0.3, 0.4) is 0 Å². The van der Waals surface area contributed by atoms with Gasteiger partial charge in [-0.2, -0.15) is 0 Å². The Morgan fingerprint density at radius 3 is 2.78 bits per heavy atom. The molecule has 2 rings (SSSR count). The molecule has 0 unspecified atom stereocenters. The maximum absolute atomic E-state index is 5.60. The van der Waals surface area contributed by atoms with Gasteiger partial charge in [-0.25, -0.2) is 4.98 Å². The zero-order valence-electron chi connectivity index (χ0n) is 10.4.